The molecule has 0 amide bonds. The summed E-state index contributed by atoms with van der Waals surface area (Å²) in [5.74, 6) is 1.77. The van der Waals surface area contributed by atoms with Crippen molar-refractivity contribution in [1.29, 1.82) is 0 Å². The van der Waals surface area contributed by atoms with E-state index >= 15 is 0 Å². The summed E-state index contributed by atoms with van der Waals surface area (Å²) >= 11 is 7.35. The van der Waals surface area contributed by atoms with Crippen LogP contribution in [-0.4, -0.2) is 32.8 Å². The Morgan fingerprint density at radius 2 is 1.75 bits per heavy atom. The van der Waals surface area contributed by atoms with Gasteiger partial charge in [0.25, 0.3) is 0 Å². The van der Waals surface area contributed by atoms with Crippen LogP contribution in [0.2, 0.25) is 5.02 Å². The van der Waals surface area contributed by atoms with E-state index in [4.69, 9.17) is 21.1 Å². The van der Waals surface area contributed by atoms with Gasteiger partial charge in [0, 0.05) is 15.6 Å². The van der Waals surface area contributed by atoms with Crippen LogP contribution in [0.3, 0.4) is 0 Å². The summed E-state index contributed by atoms with van der Waals surface area (Å²) in [7, 11) is 0. The predicted octanol–water partition coefficient (Wildman–Crippen LogP) is 7.47. The maximum atomic E-state index is 11.7. The highest BCUT2D eigenvalue weighted by Crippen LogP contribution is 2.40. The Morgan fingerprint density at radius 1 is 0.975 bits per heavy atom. The molecule has 0 aliphatic rings. The molecule has 0 saturated carbocycles. The van der Waals surface area contributed by atoms with E-state index in [0.717, 1.165) is 27.6 Å². The zero-order chi connectivity index (χ0) is 28.1. The Kier molecular flexibility index (Phi) is 8.52. The van der Waals surface area contributed by atoms with Crippen LogP contribution in [0.1, 0.15) is 29.1 Å². The third kappa shape index (κ3) is 6.21. The maximum absolute atomic E-state index is 11.7. The molecule has 0 unspecified atom stereocenters. The van der Waals surface area contributed by atoms with Gasteiger partial charge in [0.2, 0.25) is 6.54 Å². The number of rotatable bonds is 11. The number of aromatic nitrogens is 3. The minimum atomic E-state index is -0.545. The summed E-state index contributed by atoms with van der Waals surface area (Å²) in [6.07, 6.45) is 0. The fraction of sp³-hybridized carbons (Fsp3) is 0.200. The molecule has 0 saturated heterocycles. The van der Waals surface area contributed by atoms with Crippen LogP contribution in [0.4, 0.5) is 0 Å². The van der Waals surface area contributed by atoms with Crippen LogP contribution in [0.25, 0.3) is 16.5 Å². The number of halogens is 1. The molecule has 0 aliphatic carbocycles. The lowest BCUT2D eigenvalue weighted by Crippen LogP contribution is -2.11. The molecule has 8 nitrogen and oxygen atoms in total. The van der Waals surface area contributed by atoms with E-state index in [2.05, 4.69) is 28.4 Å². The van der Waals surface area contributed by atoms with Gasteiger partial charge in [-0.05, 0) is 72.1 Å². The van der Waals surface area contributed by atoms with Crippen molar-refractivity contribution >= 4 is 34.1 Å². The van der Waals surface area contributed by atoms with Gasteiger partial charge in [0.05, 0.1) is 6.61 Å². The number of aryl methyl sites for hydroxylation is 1. The van der Waals surface area contributed by atoms with Crippen LogP contribution in [0.15, 0.2) is 90.1 Å². The molecular weight excluding hydrogens is 548 g/mol. The number of fused-ring (bicyclic) bond motifs is 1. The van der Waals surface area contributed by atoms with Crippen LogP contribution >= 0.6 is 23.4 Å². The highest BCUT2D eigenvalue weighted by molar-refractivity contribution is 7.99. The minimum Gasteiger partial charge on any atom is -0.490 e. The third-order valence-electron chi connectivity index (χ3n) is 6.35. The number of nitro groups is 1. The molecule has 10 heteroatoms. The molecule has 1 heterocycles. The lowest BCUT2D eigenvalue weighted by atomic mass is 10.1. The Bertz CT molecular complexity index is 1640. The van der Waals surface area contributed by atoms with Crippen LogP contribution in [0.5, 0.6) is 11.5 Å². The van der Waals surface area contributed by atoms with Gasteiger partial charge in [0.15, 0.2) is 16.7 Å². The SMILES string of the molecule is CCOc1cc([C@H](C[N+](=O)[O-])Sc2nnc(C)n2-c2ccc(Cl)cc2)ccc1OCc1cccc2ccccc12. The first-order valence-electron chi connectivity index (χ1n) is 12.8. The second-order valence-electron chi connectivity index (χ2n) is 9.03. The summed E-state index contributed by atoms with van der Waals surface area (Å²) in [4.78, 5) is 11.4. The molecule has 0 aliphatic heterocycles. The number of benzene rings is 4. The summed E-state index contributed by atoms with van der Waals surface area (Å²) in [5, 5.41) is 23.1. The van der Waals surface area contributed by atoms with Crippen molar-refractivity contribution in [2.75, 3.05) is 13.2 Å². The monoisotopic (exact) mass is 574 g/mol. The molecule has 0 bridgehead atoms. The molecule has 1 atom stereocenters. The van der Waals surface area contributed by atoms with Crippen molar-refractivity contribution in [1.82, 2.24) is 14.8 Å². The van der Waals surface area contributed by atoms with Crippen molar-refractivity contribution in [3.05, 3.63) is 117 Å². The van der Waals surface area contributed by atoms with Crippen molar-refractivity contribution in [2.24, 2.45) is 0 Å². The summed E-state index contributed by atoms with van der Waals surface area (Å²) < 4.78 is 14.0. The van der Waals surface area contributed by atoms with E-state index < -0.39 is 5.25 Å². The number of nitrogens with zero attached hydrogens (tertiary/aromatic N) is 4. The fourth-order valence-electron chi connectivity index (χ4n) is 4.47. The molecule has 0 radical (unpaired) electrons. The minimum absolute atomic E-state index is 0.307. The average Bonchev–Trinajstić information content (AvgIpc) is 3.32. The third-order valence-corrected chi connectivity index (χ3v) is 7.78. The van der Waals surface area contributed by atoms with Gasteiger partial charge in [0.1, 0.15) is 17.7 Å². The number of hydrogen-bond donors (Lipinski definition) is 0. The van der Waals surface area contributed by atoms with Crippen molar-refractivity contribution in [3.8, 4) is 17.2 Å². The van der Waals surface area contributed by atoms with Crippen LogP contribution < -0.4 is 9.47 Å². The molecule has 0 fully saturated rings. The molecular formula is C30H27ClN4O4S. The van der Waals surface area contributed by atoms with E-state index in [9.17, 15) is 10.1 Å². The van der Waals surface area contributed by atoms with Gasteiger partial charge < -0.3 is 9.47 Å². The van der Waals surface area contributed by atoms with Crippen LogP contribution in [-0.2, 0) is 6.61 Å². The summed E-state index contributed by atoms with van der Waals surface area (Å²) in [6, 6.07) is 27.1. The van der Waals surface area contributed by atoms with E-state index in [0.29, 0.717) is 40.7 Å². The normalized spacial score (nSPS) is 11.9. The molecule has 40 heavy (non-hydrogen) atoms. The maximum Gasteiger partial charge on any atom is 0.220 e. The zero-order valence-electron chi connectivity index (χ0n) is 22.0. The average molecular weight is 575 g/mol. The summed E-state index contributed by atoms with van der Waals surface area (Å²) in [6.45, 7) is 4.20. The number of ether oxygens (including phenoxy) is 2. The Balaban J connectivity index is 1.43. The first-order valence-corrected chi connectivity index (χ1v) is 14.0. The van der Waals surface area contributed by atoms with E-state index in [1.165, 1.54) is 11.8 Å². The van der Waals surface area contributed by atoms with Gasteiger partial charge in [-0.1, -0.05) is 71.9 Å². The standard InChI is InChI=1S/C30H27ClN4O4S/c1-3-38-28-17-22(11-16-27(28)39-19-23-9-6-8-21-7-4-5-10-26(21)23)29(18-34(36)37)40-30-33-32-20(2)35(30)25-14-12-24(31)13-15-25/h4-17,29H,3,18-19H2,1-2H3/t29-/m0/s1. The lowest BCUT2D eigenvalue weighted by molar-refractivity contribution is -0.479. The lowest BCUT2D eigenvalue weighted by Gasteiger charge is -2.18. The van der Waals surface area contributed by atoms with Crippen molar-refractivity contribution in [2.45, 2.75) is 30.9 Å². The largest absolute Gasteiger partial charge is 0.490 e. The smallest absolute Gasteiger partial charge is 0.220 e. The highest BCUT2D eigenvalue weighted by Gasteiger charge is 2.25. The Morgan fingerprint density at radius 3 is 2.52 bits per heavy atom. The Labute approximate surface area is 241 Å². The summed E-state index contributed by atoms with van der Waals surface area (Å²) in [5.41, 5.74) is 2.61. The fourth-order valence-corrected chi connectivity index (χ4v) is 5.76. The molecule has 0 N–H and O–H groups in total. The molecule has 204 valence electrons. The first-order chi connectivity index (χ1) is 19.4. The van der Waals surface area contributed by atoms with E-state index in [1.807, 2.05) is 73.0 Å². The number of hydrogen-bond acceptors (Lipinski definition) is 7. The number of thioether (sulfide) groups is 1. The van der Waals surface area contributed by atoms with Gasteiger partial charge in [-0.2, -0.15) is 0 Å². The molecule has 0 spiro atoms. The quantitative estimate of drug-likeness (QED) is 0.0917. The zero-order valence-corrected chi connectivity index (χ0v) is 23.6. The topological polar surface area (TPSA) is 92.3 Å². The van der Waals surface area contributed by atoms with Crippen LogP contribution in [0, 0.1) is 17.0 Å². The Hall–Kier alpha value is -4.08. The van der Waals surface area contributed by atoms with Gasteiger partial charge >= 0.3 is 0 Å². The second-order valence-corrected chi connectivity index (χ2v) is 10.6. The second kappa shape index (κ2) is 12.4. The highest BCUT2D eigenvalue weighted by atomic mass is 35.5. The molecule has 5 rings (SSSR count). The van der Waals surface area contributed by atoms with Gasteiger partial charge in [-0.25, -0.2) is 0 Å². The molecule has 4 aromatic carbocycles. The first kappa shape index (κ1) is 27.5. The predicted molar refractivity (Wildman–Crippen MR) is 157 cm³/mol. The van der Waals surface area contributed by atoms with Gasteiger partial charge in [-0.15, -0.1) is 10.2 Å². The van der Waals surface area contributed by atoms with Crippen molar-refractivity contribution in [3.63, 3.8) is 0 Å². The molecule has 1 aromatic heterocycles. The van der Waals surface area contributed by atoms with E-state index in [-0.39, 0.29) is 11.5 Å². The van der Waals surface area contributed by atoms with Gasteiger partial charge in [-0.3, -0.25) is 14.7 Å². The van der Waals surface area contributed by atoms with E-state index in [1.54, 1.807) is 12.1 Å². The molecule has 5 aromatic rings. The van der Waals surface area contributed by atoms with Crippen molar-refractivity contribution < 1.29 is 14.4 Å².